The fourth-order valence-corrected chi connectivity index (χ4v) is 3.86. The van der Waals surface area contributed by atoms with Gasteiger partial charge in [0.2, 0.25) is 11.8 Å². The van der Waals surface area contributed by atoms with E-state index in [2.05, 4.69) is 57.4 Å². The van der Waals surface area contributed by atoms with Crippen molar-refractivity contribution in [2.24, 2.45) is 0 Å². The van der Waals surface area contributed by atoms with Crippen molar-refractivity contribution in [3.63, 3.8) is 0 Å². The first kappa shape index (κ1) is 23.4. The maximum atomic E-state index is 12.2. The number of hydrogen-bond acceptors (Lipinski definition) is 4. The standard InChI is InChI=1S/C22H28BrN3O2S/c1-3-26(4-2)14-18-9-6-5-8-17(18)13-24-21(27)15-29-16-22(28)25-20-11-7-10-19(23)12-20/h5-12H,3-4,13-16H2,1-2H3,(H,24,27)(H,25,28). The Balaban J connectivity index is 1.74. The van der Waals surface area contributed by atoms with Crippen molar-refractivity contribution < 1.29 is 9.59 Å². The number of rotatable bonds is 11. The molecule has 7 heteroatoms. The smallest absolute Gasteiger partial charge is 0.234 e. The third kappa shape index (κ3) is 8.60. The lowest BCUT2D eigenvalue weighted by atomic mass is 10.1. The molecule has 2 aromatic carbocycles. The summed E-state index contributed by atoms with van der Waals surface area (Å²) in [5.41, 5.74) is 3.10. The predicted molar refractivity (Wildman–Crippen MR) is 125 cm³/mol. The molecule has 2 aromatic rings. The van der Waals surface area contributed by atoms with Gasteiger partial charge in [-0.15, -0.1) is 11.8 Å². The van der Waals surface area contributed by atoms with Crippen molar-refractivity contribution in [1.29, 1.82) is 0 Å². The van der Waals surface area contributed by atoms with Gasteiger partial charge in [0.25, 0.3) is 0 Å². The zero-order chi connectivity index (χ0) is 21.1. The molecule has 0 saturated heterocycles. The Morgan fingerprint density at radius 1 is 0.966 bits per heavy atom. The Morgan fingerprint density at radius 3 is 2.34 bits per heavy atom. The minimum absolute atomic E-state index is 0.0668. The Bertz CT molecular complexity index is 812. The number of anilines is 1. The predicted octanol–water partition coefficient (Wildman–Crippen LogP) is 4.28. The number of thioether (sulfide) groups is 1. The summed E-state index contributed by atoms with van der Waals surface area (Å²) in [5.74, 6) is 0.302. The zero-order valence-electron chi connectivity index (χ0n) is 16.9. The van der Waals surface area contributed by atoms with Crippen molar-refractivity contribution >= 4 is 45.2 Å². The summed E-state index contributed by atoms with van der Waals surface area (Å²) in [6, 6.07) is 15.6. The summed E-state index contributed by atoms with van der Waals surface area (Å²) in [4.78, 5) is 26.5. The van der Waals surface area contributed by atoms with Crippen LogP contribution in [0.3, 0.4) is 0 Å². The highest BCUT2D eigenvalue weighted by atomic mass is 79.9. The molecular formula is C22H28BrN3O2S. The average Bonchev–Trinajstić information content (AvgIpc) is 2.71. The van der Waals surface area contributed by atoms with Crippen LogP contribution in [-0.4, -0.2) is 41.3 Å². The molecule has 29 heavy (non-hydrogen) atoms. The van der Waals surface area contributed by atoms with Gasteiger partial charge in [-0.25, -0.2) is 0 Å². The van der Waals surface area contributed by atoms with Crippen molar-refractivity contribution in [2.45, 2.75) is 26.9 Å². The largest absolute Gasteiger partial charge is 0.351 e. The molecule has 0 spiro atoms. The molecule has 0 bridgehead atoms. The number of amides is 2. The topological polar surface area (TPSA) is 61.4 Å². The molecule has 0 fully saturated rings. The second-order valence-corrected chi connectivity index (χ2v) is 8.46. The Labute approximate surface area is 185 Å². The minimum atomic E-state index is -0.120. The van der Waals surface area contributed by atoms with E-state index in [9.17, 15) is 9.59 Å². The first-order valence-electron chi connectivity index (χ1n) is 9.70. The summed E-state index contributed by atoms with van der Waals surface area (Å²) < 4.78 is 0.906. The molecule has 156 valence electrons. The summed E-state index contributed by atoms with van der Waals surface area (Å²) in [5, 5.41) is 5.79. The Kier molecular flexibility index (Phi) is 10.2. The van der Waals surface area contributed by atoms with Gasteiger partial charge in [0.15, 0.2) is 0 Å². The van der Waals surface area contributed by atoms with Crippen LogP contribution in [0.2, 0.25) is 0 Å². The molecule has 2 N–H and O–H groups in total. The van der Waals surface area contributed by atoms with Gasteiger partial charge in [-0.3, -0.25) is 14.5 Å². The quantitative estimate of drug-likeness (QED) is 0.506. The van der Waals surface area contributed by atoms with Gasteiger partial charge in [-0.05, 0) is 42.4 Å². The number of carbonyl (C=O) groups is 2. The highest BCUT2D eigenvalue weighted by Crippen LogP contribution is 2.16. The van der Waals surface area contributed by atoms with Crippen LogP contribution >= 0.6 is 27.7 Å². The van der Waals surface area contributed by atoms with E-state index in [1.165, 1.54) is 17.3 Å². The van der Waals surface area contributed by atoms with Gasteiger partial charge in [0.05, 0.1) is 11.5 Å². The SMILES string of the molecule is CCN(CC)Cc1ccccc1CNC(=O)CSCC(=O)Nc1cccc(Br)c1. The number of nitrogens with one attached hydrogen (secondary N) is 2. The van der Waals surface area contributed by atoms with Gasteiger partial charge >= 0.3 is 0 Å². The van der Waals surface area contributed by atoms with E-state index in [0.717, 1.165) is 35.4 Å². The van der Waals surface area contributed by atoms with Gasteiger partial charge < -0.3 is 10.6 Å². The van der Waals surface area contributed by atoms with Crippen molar-refractivity contribution in [2.75, 3.05) is 29.9 Å². The molecule has 0 aliphatic rings. The fourth-order valence-electron chi connectivity index (χ4n) is 2.82. The van der Waals surface area contributed by atoms with E-state index >= 15 is 0 Å². The molecule has 2 rings (SSSR count). The van der Waals surface area contributed by atoms with Crippen molar-refractivity contribution in [3.8, 4) is 0 Å². The van der Waals surface area contributed by atoms with Crippen molar-refractivity contribution in [3.05, 3.63) is 64.1 Å². The lowest BCUT2D eigenvalue weighted by molar-refractivity contribution is -0.118. The molecule has 0 radical (unpaired) electrons. The minimum Gasteiger partial charge on any atom is -0.351 e. The van der Waals surface area contributed by atoms with Crippen LogP contribution in [-0.2, 0) is 22.7 Å². The fraction of sp³-hybridized carbons (Fsp3) is 0.364. The van der Waals surface area contributed by atoms with E-state index < -0.39 is 0 Å². The van der Waals surface area contributed by atoms with E-state index in [1.54, 1.807) is 0 Å². The van der Waals surface area contributed by atoms with Crippen LogP contribution in [0.25, 0.3) is 0 Å². The zero-order valence-corrected chi connectivity index (χ0v) is 19.3. The van der Waals surface area contributed by atoms with Crippen LogP contribution in [0, 0.1) is 0 Å². The molecule has 5 nitrogen and oxygen atoms in total. The number of benzene rings is 2. The molecule has 0 atom stereocenters. The summed E-state index contributed by atoms with van der Waals surface area (Å²) >= 11 is 4.68. The first-order chi connectivity index (χ1) is 14.0. The Morgan fingerprint density at radius 2 is 1.66 bits per heavy atom. The van der Waals surface area contributed by atoms with Gasteiger partial charge in [0, 0.05) is 23.2 Å². The second kappa shape index (κ2) is 12.7. The molecule has 0 aliphatic heterocycles. The maximum Gasteiger partial charge on any atom is 0.234 e. The van der Waals surface area contributed by atoms with Crippen molar-refractivity contribution in [1.82, 2.24) is 10.2 Å². The lowest BCUT2D eigenvalue weighted by Crippen LogP contribution is -2.27. The second-order valence-electron chi connectivity index (χ2n) is 6.56. The van der Waals surface area contributed by atoms with E-state index in [1.807, 2.05) is 36.4 Å². The van der Waals surface area contributed by atoms with Crippen LogP contribution in [0.4, 0.5) is 5.69 Å². The third-order valence-electron chi connectivity index (χ3n) is 4.46. The van der Waals surface area contributed by atoms with Gasteiger partial charge in [0.1, 0.15) is 0 Å². The van der Waals surface area contributed by atoms with E-state index in [4.69, 9.17) is 0 Å². The number of halogens is 1. The van der Waals surface area contributed by atoms with Gasteiger partial charge in [-0.1, -0.05) is 60.1 Å². The van der Waals surface area contributed by atoms with Crippen LogP contribution < -0.4 is 10.6 Å². The highest BCUT2D eigenvalue weighted by molar-refractivity contribution is 9.10. The molecule has 0 heterocycles. The monoisotopic (exact) mass is 477 g/mol. The summed E-state index contributed by atoms with van der Waals surface area (Å²) in [6.07, 6.45) is 0. The maximum absolute atomic E-state index is 12.2. The van der Waals surface area contributed by atoms with E-state index in [0.29, 0.717) is 6.54 Å². The normalized spacial score (nSPS) is 10.8. The Hall–Kier alpha value is -1.83. The molecule has 2 amide bonds. The molecule has 0 aliphatic carbocycles. The van der Waals surface area contributed by atoms with E-state index in [-0.39, 0.29) is 23.3 Å². The lowest BCUT2D eigenvalue weighted by Gasteiger charge is -2.20. The number of hydrogen-bond donors (Lipinski definition) is 2. The molecule has 0 saturated carbocycles. The average molecular weight is 478 g/mol. The number of nitrogens with zero attached hydrogens (tertiary/aromatic N) is 1. The van der Waals surface area contributed by atoms with Gasteiger partial charge in [-0.2, -0.15) is 0 Å². The third-order valence-corrected chi connectivity index (χ3v) is 5.88. The molecule has 0 unspecified atom stereocenters. The molecular weight excluding hydrogens is 450 g/mol. The number of carbonyl (C=O) groups excluding carboxylic acids is 2. The first-order valence-corrected chi connectivity index (χ1v) is 11.7. The summed E-state index contributed by atoms with van der Waals surface area (Å²) in [6.45, 7) is 7.67. The summed E-state index contributed by atoms with van der Waals surface area (Å²) in [7, 11) is 0. The van der Waals surface area contributed by atoms with Crippen LogP contribution in [0.5, 0.6) is 0 Å². The van der Waals surface area contributed by atoms with Crippen LogP contribution in [0.1, 0.15) is 25.0 Å². The highest BCUT2D eigenvalue weighted by Gasteiger charge is 2.09. The molecule has 0 aromatic heterocycles. The van der Waals surface area contributed by atoms with Crippen LogP contribution in [0.15, 0.2) is 53.0 Å².